The van der Waals surface area contributed by atoms with Gasteiger partial charge in [0.1, 0.15) is 0 Å². The second kappa shape index (κ2) is 7.03. The van der Waals surface area contributed by atoms with Crippen molar-refractivity contribution >= 4 is 38.7 Å². The van der Waals surface area contributed by atoms with Crippen LogP contribution >= 0.6 is 11.6 Å². The number of rotatable bonds is 6. The highest BCUT2D eigenvalue weighted by molar-refractivity contribution is 7.92. The SMILES string of the molecule is CCCS(=O)(=O)Nc1ccc(Nc2ccc(Cl)cc2C)cc1. The van der Waals surface area contributed by atoms with E-state index < -0.39 is 10.0 Å². The van der Waals surface area contributed by atoms with Crippen LogP contribution in [-0.2, 0) is 10.0 Å². The van der Waals surface area contributed by atoms with E-state index in [2.05, 4.69) is 10.0 Å². The summed E-state index contributed by atoms with van der Waals surface area (Å²) in [6.07, 6.45) is 0.588. The molecule has 0 saturated heterocycles. The number of nitrogens with one attached hydrogen (secondary N) is 2. The molecule has 0 radical (unpaired) electrons. The third-order valence-corrected chi connectivity index (χ3v) is 4.83. The van der Waals surface area contributed by atoms with Crippen LogP contribution in [0.25, 0.3) is 0 Å². The Hall–Kier alpha value is -1.72. The third kappa shape index (κ3) is 4.64. The first-order valence-electron chi connectivity index (χ1n) is 7.03. The van der Waals surface area contributed by atoms with Gasteiger partial charge in [0.15, 0.2) is 0 Å². The minimum Gasteiger partial charge on any atom is -0.355 e. The number of benzene rings is 2. The van der Waals surface area contributed by atoms with Crippen LogP contribution in [-0.4, -0.2) is 14.2 Å². The third-order valence-electron chi connectivity index (χ3n) is 3.10. The quantitative estimate of drug-likeness (QED) is 0.812. The highest BCUT2D eigenvalue weighted by atomic mass is 35.5. The smallest absolute Gasteiger partial charge is 0.232 e. The van der Waals surface area contributed by atoms with Crippen molar-refractivity contribution in [1.82, 2.24) is 0 Å². The predicted molar refractivity (Wildman–Crippen MR) is 93.6 cm³/mol. The number of halogens is 1. The molecule has 0 amide bonds. The van der Waals surface area contributed by atoms with Gasteiger partial charge in [-0.3, -0.25) is 4.72 Å². The molecule has 0 bridgehead atoms. The van der Waals surface area contributed by atoms with Gasteiger partial charge in [-0.2, -0.15) is 0 Å². The fourth-order valence-electron chi connectivity index (χ4n) is 2.04. The van der Waals surface area contributed by atoms with Crippen molar-refractivity contribution < 1.29 is 8.42 Å². The highest BCUT2D eigenvalue weighted by Gasteiger charge is 2.08. The van der Waals surface area contributed by atoms with E-state index in [1.165, 1.54) is 0 Å². The van der Waals surface area contributed by atoms with Gasteiger partial charge in [-0.25, -0.2) is 8.42 Å². The van der Waals surface area contributed by atoms with Crippen LogP contribution in [0, 0.1) is 6.92 Å². The van der Waals surface area contributed by atoms with Gasteiger partial charge >= 0.3 is 0 Å². The lowest BCUT2D eigenvalue weighted by Crippen LogP contribution is -2.15. The summed E-state index contributed by atoms with van der Waals surface area (Å²) in [5.74, 6) is 0.122. The van der Waals surface area contributed by atoms with Crippen molar-refractivity contribution in [2.24, 2.45) is 0 Å². The van der Waals surface area contributed by atoms with E-state index in [-0.39, 0.29) is 5.75 Å². The average Bonchev–Trinajstić information content (AvgIpc) is 2.43. The monoisotopic (exact) mass is 338 g/mol. The van der Waals surface area contributed by atoms with E-state index in [0.29, 0.717) is 17.1 Å². The Bertz CT molecular complexity index is 743. The van der Waals surface area contributed by atoms with E-state index >= 15 is 0 Å². The molecule has 0 heterocycles. The maximum Gasteiger partial charge on any atom is 0.232 e. The second-order valence-electron chi connectivity index (χ2n) is 5.08. The van der Waals surface area contributed by atoms with Gasteiger partial charge in [0, 0.05) is 22.1 Å². The molecule has 4 nitrogen and oxygen atoms in total. The van der Waals surface area contributed by atoms with Gasteiger partial charge in [-0.05, 0) is 61.4 Å². The minimum absolute atomic E-state index is 0.122. The molecule has 0 unspecified atom stereocenters. The molecule has 0 aliphatic rings. The molecular weight excluding hydrogens is 320 g/mol. The molecule has 0 spiro atoms. The Kier molecular flexibility index (Phi) is 5.32. The number of aryl methyl sites for hydroxylation is 1. The normalized spacial score (nSPS) is 11.2. The summed E-state index contributed by atoms with van der Waals surface area (Å²) in [5.41, 5.74) is 3.44. The van der Waals surface area contributed by atoms with Crippen LogP contribution in [0.1, 0.15) is 18.9 Å². The van der Waals surface area contributed by atoms with Gasteiger partial charge < -0.3 is 5.32 Å². The lowest BCUT2D eigenvalue weighted by Gasteiger charge is -2.11. The molecule has 6 heteroatoms. The topological polar surface area (TPSA) is 58.2 Å². The predicted octanol–water partition coefficient (Wildman–Crippen LogP) is 4.54. The van der Waals surface area contributed by atoms with Crippen LogP contribution in [0.5, 0.6) is 0 Å². The van der Waals surface area contributed by atoms with E-state index in [9.17, 15) is 8.42 Å². The summed E-state index contributed by atoms with van der Waals surface area (Å²) in [4.78, 5) is 0. The van der Waals surface area contributed by atoms with E-state index in [4.69, 9.17) is 11.6 Å². The first kappa shape index (κ1) is 16.6. The highest BCUT2D eigenvalue weighted by Crippen LogP contribution is 2.24. The van der Waals surface area contributed by atoms with E-state index in [1.807, 2.05) is 44.2 Å². The Morgan fingerprint density at radius 3 is 2.27 bits per heavy atom. The van der Waals surface area contributed by atoms with Crippen molar-refractivity contribution in [1.29, 1.82) is 0 Å². The summed E-state index contributed by atoms with van der Waals surface area (Å²) in [6, 6.07) is 12.8. The Morgan fingerprint density at radius 1 is 1.05 bits per heavy atom. The molecule has 0 atom stereocenters. The fourth-order valence-corrected chi connectivity index (χ4v) is 3.41. The van der Waals surface area contributed by atoms with Crippen molar-refractivity contribution in [3.63, 3.8) is 0 Å². The molecule has 2 rings (SSSR count). The second-order valence-corrected chi connectivity index (χ2v) is 7.36. The number of hydrogen-bond acceptors (Lipinski definition) is 3. The van der Waals surface area contributed by atoms with E-state index in [0.717, 1.165) is 16.9 Å². The van der Waals surface area contributed by atoms with Crippen molar-refractivity contribution in [3.05, 3.63) is 53.1 Å². The maximum absolute atomic E-state index is 11.7. The zero-order valence-corrected chi connectivity index (χ0v) is 14.1. The van der Waals surface area contributed by atoms with Crippen LogP contribution in [0.15, 0.2) is 42.5 Å². The molecule has 2 aromatic carbocycles. The Balaban J connectivity index is 2.09. The Morgan fingerprint density at radius 2 is 1.68 bits per heavy atom. The summed E-state index contributed by atoms with van der Waals surface area (Å²) >= 11 is 5.93. The van der Waals surface area contributed by atoms with Crippen molar-refractivity contribution in [3.8, 4) is 0 Å². The zero-order valence-electron chi connectivity index (χ0n) is 12.6. The molecule has 2 N–H and O–H groups in total. The molecule has 0 aliphatic heterocycles. The average molecular weight is 339 g/mol. The van der Waals surface area contributed by atoms with Gasteiger partial charge in [-0.15, -0.1) is 0 Å². The number of hydrogen-bond donors (Lipinski definition) is 2. The summed E-state index contributed by atoms with van der Waals surface area (Å²) in [6.45, 7) is 3.81. The lowest BCUT2D eigenvalue weighted by atomic mass is 10.2. The molecule has 0 aromatic heterocycles. The van der Waals surface area contributed by atoms with Crippen LogP contribution in [0.2, 0.25) is 5.02 Å². The molecular formula is C16H19ClN2O2S. The lowest BCUT2D eigenvalue weighted by molar-refractivity contribution is 0.600. The zero-order chi connectivity index (χ0) is 16.2. The molecule has 2 aromatic rings. The van der Waals surface area contributed by atoms with Crippen molar-refractivity contribution in [2.45, 2.75) is 20.3 Å². The standard InChI is InChI=1S/C16H19ClN2O2S/c1-3-10-22(20,21)19-15-7-5-14(6-8-15)18-16-9-4-13(17)11-12(16)2/h4-9,11,18-19H,3,10H2,1-2H3. The fraction of sp³-hybridized carbons (Fsp3) is 0.250. The van der Waals surface area contributed by atoms with Crippen LogP contribution in [0.3, 0.4) is 0 Å². The first-order chi connectivity index (χ1) is 10.4. The molecule has 22 heavy (non-hydrogen) atoms. The first-order valence-corrected chi connectivity index (χ1v) is 9.06. The van der Waals surface area contributed by atoms with Crippen LogP contribution in [0.4, 0.5) is 17.1 Å². The molecule has 0 saturated carbocycles. The largest absolute Gasteiger partial charge is 0.355 e. The number of anilines is 3. The van der Waals surface area contributed by atoms with Gasteiger partial charge in [-0.1, -0.05) is 18.5 Å². The molecule has 0 aliphatic carbocycles. The van der Waals surface area contributed by atoms with Crippen molar-refractivity contribution in [2.75, 3.05) is 15.8 Å². The summed E-state index contributed by atoms with van der Waals surface area (Å²) in [7, 11) is -3.25. The Labute approximate surface area is 136 Å². The summed E-state index contributed by atoms with van der Waals surface area (Å²) < 4.78 is 26.0. The van der Waals surface area contributed by atoms with Gasteiger partial charge in [0.25, 0.3) is 0 Å². The minimum atomic E-state index is -3.25. The number of sulfonamides is 1. The summed E-state index contributed by atoms with van der Waals surface area (Å²) in [5, 5.41) is 3.98. The van der Waals surface area contributed by atoms with E-state index in [1.54, 1.807) is 12.1 Å². The molecule has 0 fully saturated rings. The molecule has 118 valence electrons. The van der Waals surface area contributed by atoms with Gasteiger partial charge in [0.05, 0.1) is 5.75 Å². The van der Waals surface area contributed by atoms with Gasteiger partial charge in [0.2, 0.25) is 10.0 Å². The maximum atomic E-state index is 11.7. The van der Waals surface area contributed by atoms with Crippen LogP contribution < -0.4 is 10.0 Å².